The van der Waals surface area contributed by atoms with Crippen molar-refractivity contribution < 1.29 is 4.79 Å². The minimum absolute atomic E-state index is 0.168. The van der Waals surface area contributed by atoms with E-state index in [0.717, 1.165) is 62.9 Å². The van der Waals surface area contributed by atoms with E-state index in [2.05, 4.69) is 25.4 Å². The SMILES string of the molecule is O=C([C@H]1CCCCn2nnnc21)N1CCN(c2nccs2)CC1. The third-order valence-corrected chi connectivity index (χ3v) is 5.40. The Kier molecular flexibility index (Phi) is 3.94. The van der Waals surface area contributed by atoms with Crippen LogP contribution < -0.4 is 4.90 Å². The van der Waals surface area contributed by atoms with Crippen LogP contribution in [-0.4, -0.2) is 62.2 Å². The summed E-state index contributed by atoms with van der Waals surface area (Å²) < 4.78 is 1.79. The number of carbonyl (C=O) groups is 1. The predicted molar refractivity (Wildman–Crippen MR) is 85.3 cm³/mol. The summed E-state index contributed by atoms with van der Waals surface area (Å²) >= 11 is 1.64. The number of piperazine rings is 1. The number of hydrogen-bond donors (Lipinski definition) is 0. The molecule has 4 rings (SSSR count). The van der Waals surface area contributed by atoms with Crippen LogP contribution in [0.15, 0.2) is 11.6 Å². The molecule has 2 aromatic heterocycles. The molecule has 1 saturated heterocycles. The lowest BCUT2D eigenvalue weighted by atomic mass is 10.0. The predicted octanol–water partition coefficient (Wildman–Crippen LogP) is 0.746. The van der Waals surface area contributed by atoms with Gasteiger partial charge in [0.25, 0.3) is 0 Å². The first-order chi connectivity index (χ1) is 11.3. The highest BCUT2D eigenvalue weighted by molar-refractivity contribution is 7.13. The van der Waals surface area contributed by atoms with Gasteiger partial charge in [0.2, 0.25) is 5.91 Å². The highest BCUT2D eigenvalue weighted by Crippen LogP contribution is 2.27. The van der Waals surface area contributed by atoms with E-state index in [0.29, 0.717) is 0 Å². The van der Waals surface area contributed by atoms with Gasteiger partial charge in [0.15, 0.2) is 11.0 Å². The van der Waals surface area contributed by atoms with E-state index in [-0.39, 0.29) is 11.8 Å². The zero-order valence-corrected chi connectivity index (χ0v) is 13.7. The second-order valence-electron chi connectivity index (χ2n) is 5.94. The molecule has 1 amide bonds. The molecule has 2 aromatic rings. The van der Waals surface area contributed by atoms with E-state index >= 15 is 0 Å². The Balaban J connectivity index is 1.44. The average molecular weight is 333 g/mol. The Labute approximate surface area is 138 Å². The number of thiazole rings is 1. The van der Waals surface area contributed by atoms with Crippen molar-refractivity contribution in [2.24, 2.45) is 0 Å². The summed E-state index contributed by atoms with van der Waals surface area (Å²) in [7, 11) is 0. The fourth-order valence-corrected chi connectivity index (χ4v) is 4.00. The van der Waals surface area contributed by atoms with Crippen LogP contribution in [0.25, 0.3) is 0 Å². The van der Waals surface area contributed by atoms with Crippen molar-refractivity contribution in [1.29, 1.82) is 0 Å². The van der Waals surface area contributed by atoms with Gasteiger partial charge in [0.05, 0.1) is 5.92 Å². The molecule has 8 nitrogen and oxygen atoms in total. The largest absolute Gasteiger partial charge is 0.345 e. The molecule has 2 aliphatic heterocycles. The van der Waals surface area contributed by atoms with Gasteiger partial charge in [0.1, 0.15) is 0 Å². The topological polar surface area (TPSA) is 80.0 Å². The Morgan fingerprint density at radius 1 is 1.17 bits per heavy atom. The molecule has 0 aromatic carbocycles. The summed E-state index contributed by atoms with van der Waals surface area (Å²) in [4.78, 5) is 21.5. The molecular weight excluding hydrogens is 314 g/mol. The van der Waals surface area contributed by atoms with Crippen LogP contribution in [-0.2, 0) is 11.3 Å². The van der Waals surface area contributed by atoms with Crippen molar-refractivity contribution in [2.45, 2.75) is 31.7 Å². The van der Waals surface area contributed by atoms with Gasteiger partial charge in [-0.1, -0.05) is 6.42 Å². The minimum atomic E-state index is -0.195. The fourth-order valence-electron chi connectivity index (χ4n) is 3.30. The van der Waals surface area contributed by atoms with Gasteiger partial charge in [-0.25, -0.2) is 9.67 Å². The third-order valence-electron chi connectivity index (χ3n) is 4.56. The van der Waals surface area contributed by atoms with E-state index in [1.165, 1.54) is 0 Å². The van der Waals surface area contributed by atoms with Crippen LogP contribution in [0.4, 0.5) is 5.13 Å². The monoisotopic (exact) mass is 333 g/mol. The Hall–Kier alpha value is -2.03. The third kappa shape index (κ3) is 2.80. The first-order valence-electron chi connectivity index (χ1n) is 8.02. The minimum Gasteiger partial charge on any atom is -0.345 e. The quantitative estimate of drug-likeness (QED) is 0.807. The van der Waals surface area contributed by atoms with Crippen molar-refractivity contribution >= 4 is 22.4 Å². The Bertz CT molecular complexity index is 662. The van der Waals surface area contributed by atoms with Gasteiger partial charge < -0.3 is 9.80 Å². The molecule has 0 spiro atoms. The first kappa shape index (κ1) is 14.6. The van der Waals surface area contributed by atoms with Crippen molar-refractivity contribution in [3.63, 3.8) is 0 Å². The van der Waals surface area contributed by atoms with E-state index in [4.69, 9.17) is 0 Å². The number of fused-ring (bicyclic) bond motifs is 1. The second kappa shape index (κ2) is 6.23. The molecule has 1 fully saturated rings. The number of nitrogens with zero attached hydrogens (tertiary/aromatic N) is 7. The van der Waals surface area contributed by atoms with Gasteiger partial charge >= 0.3 is 0 Å². The second-order valence-corrected chi connectivity index (χ2v) is 6.81. The van der Waals surface area contributed by atoms with Crippen molar-refractivity contribution in [3.05, 3.63) is 17.4 Å². The zero-order valence-electron chi connectivity index (χ0n) is 12.8. The van der Waals surface area contributed by atoms with E-state index in [9.17, 15) is 4.79 Å². The van der Waals surface area contributed by atoms with Crippen LogP contribution in [0.3, 0.4) is 0 Å². The molecule has 23 heavy (non-hydrogen) atoms. The maximum atomic E-state index is 12.9. The van der Waals surface area contributed by atoms with Gasteiger partial charge in [-0.3, -0.25) is 4.79 Å². The molecule has 2 aliphatic rings. The van der Waals surface area contributed by atoms with E-state index < -0.39 is 0 Å². The van der Waals surface area contributed by atoms with Crippen LogP contribution in [0, 0.1) is 0 Å². The van der Waals surface area contributed by atoms with Crippen LogP contribution in [0.2, 0.25) is 0 Å². The van der Waals surface area contributed by atoms with Gasteiger partial charge in [-0.2, -0.15) is 0 Å². The number of aryl methyl sites for hydroxylation is 1. The highest BCUT2D eigenvalue weighted by atomic mass is 32.1. The molecule has 0 aliphatic carbocycles. The summed E-state index contributed by atoms with van der Waals surface area (Å²) in [6.07, 6.45) is 4.72. The molecule has 0 saturated carbocycles. The molecule has 0 radical (unpaired) electrons. The van der Waals surface area contributed by atoms with E-state index in [1.54, 1.807) is 16.0 Å². The fraction of sp³-hybridized carbons (Fsp3) is 0.643. The lowest BCUT2D eigenvalue weighted by Gasteiger charge is -2.36. The summed E-state index contributed by atoms with van der Waals surface area (Å²) in [5, 5.41) is 14.9. The Morgan fingerprint density at radius 2 is 2.04 bits per heavy atom. The van der Waals surface area contributed by atoms with Gasteiger partial charge in [0, 0.05) is 44.3 Å². The average Bonchev–Trinajstić information content (AvgIpc) is 3.24. The number of carbonyl (C=O) groups excluding carboxylic acids is 1. The number of amides is 1. The van der Waals surface area contributed by atoms with Gasteiger partial charge in [-0.05, 0) is 23.3 Å². The zero-order chi connectivity index (χ0) is 15.6. The van der Waals surface area contributed by atoms with Crippen molar-refractivity contribution in [3.8, 4) is 0 Å². The number of tetrazole rings is 1. The number of rotatable bonds is 2. The smallest absolute Gasteiger partial charge is 0.233 e. The summed E-state index contributed by atoms with van der Waals surface area (Å²) in [5.41, 5.74) is 0. The summed E-state index contributed by atoms with van der Waals surface area (Å²) in [6.45, 7) is 3.94. The van der Waals surface area contributed by atoms with E-state index in [1.807, 2.05) is 16.5 Å². The standard InChI is InChI=1S/C14H19N7OS/c22-13(11-3-1-2-5-21-12(11)16-17-18-21)19-6-8-20(9-7-19)14-15-4-10-23-14/h4,10-11H,1-3,5-9H2/t11-/m0/s1. The molecule has 0 bridgehead atoms. The summed E-state index contributed by atoms with van der Waals surface area (Å²) in [5.74, 6) is 0.704. The molecule has 0 unspecified atom stereocenters. The summed E-state index contributed by atoms with van der Waals surface area (Å²) in [6, 6.07) is 0. The highest BCUT2D eigenvalue weighted by Gasteiger charge is 2.33. The number of hydrogen-bond acceptors (Lipinski definition) is 7. The lowest BCUT2D eigenvalue weighted by molar-refractivity contribution is -0.133. The van der Waals surface area contributed by atoms with Crippen molar-refractivity contribution in [2.75, 3.05) is 31.1 Å². The molecular formula is C14H19N7OS. The number of aromatic nitrogens is 5. The maximum Gasteiger partial charge on any atom is 0.233 e. The van der Waals surface area contributed by atoms with Crippen LogP contribution in [0.1, 0.15) is 31.0 Å². The molecule has 9 heteroatoms. The first-order valence-corrected chi connectivity index (χ1v) is 8.90. The van der Waals surface area contributed by atoms with Crippen molar-refractivity contribution in [1.82, 2.24) is 30.1 Å². The van der Waals surface area contributed by atoms with Crippen LogP contribution in [0.5, 0.6) is 0 Å². The molecule has 0 N–H and O–H groups in total. The lowest BCUT2D eigenvalue weighted by Crippen LogP contribution is -2.50. The maximum absolute atomic E-state index is 12.9. The molecule has 122 valence electrons. The number of anilines is 1. The van der Waals surface area contributed by atoms with Gasteiger partial charge in [-0.15, -0.1) is 16.4 Å². The van der Waals surface area contributed by atoms with Crippen LogP contribution >= 0.6 is 11.3 Å². The molecule has 1 atom stereocenters. The molecule has 4 heterocycles. The Morgan fingerprint density at radius 3 is 2.83 bits per heavy atom. The normalized spacial score (nSPS) is 21.8.